The monoisotopic (exact) mass is 300 g/mol. The lowest BCUT2D eigenvalue weighted by molar-refractivity contribution is 0.262. The Bertz CT molecular complexity index is 656. The van der Waals surface area contributed by atoms with Crippen LogP contribution in [0.1, 0.15) is 18.9 Å². The zero-order valence-electron chi connectivity index (χ0n) is 12.7. The molecule has 0 radical (unpaired) electrons. The van der Waals surface area contributed by atoms with E-state index in [2.05, 4.69) is 17.6 Å². The molecule has 0 aliphatic heterocycles. The Hall–Kier alpha value is -2.69. The summed E-state index contributed by atoms with van der Waals surface area (Å²) in [4.78, 5) is 12.2. The summed E-state index contributed by atoms with van der Waals surface area (Å²) in [5.41, 5.74) is 2.38. The van der Waals surface area contributed by atoms with Crippen LogP contribution in [0.3, 0.4) is 0 Å². The average Bonchev–Trinajstić information content (AvgIpc) is 2.51. The summed E-state index contributed by atoms with van der Waals surface area (Å²) < 4.78 is 5.14. The van der Waals surface area contributed by atoms with Gasteiger partial charge in [-0.2, -0.15) is 0 Å². The molecule has 0 aromatic heterocycles. The Morgan fingerprint density at radius 3 is 2.59 bits per heavy atom. The minimum atomic E-state index is -0.354. The maximum absolute atomic E-state index is 12.2. The zero-order valence-corrected chi connectivity index (χ0v) is 12.7. The summed E-state index contributed by atoms with van der Waals surface area (Å²) in [6.45, 7) is 2.10. The first-order valence-electron chi connectivity index (χ1n) is 7.17. The Kier molecular flexibility index (Phi) is 5.25. The van der Waals surface area contributed by atoms with Gasteiger partial charge in [-0.25, -0.2) is 4.79 Å². The molecule has 116 valence electrons. The molecule has 0 saturated carbocycles. The lowest BCUT2D eigenvalue weighted by atomic mass is 10.1. The average molecular weight is 300 g/mol. The van der Waals surface area contributed by atoms with Crippen LogP contribution in [0, 0.1) is 0 Å². The van der Waals surface area contributed by atoms with Crippen molar-refractivity contribution in [2.45, 2.75) is 19.8 Å². The second kappa shape index (κ2) is 7.36. The minimum absolute atomic E-state index is 0.0797. The number of phenols is 1. The van der Waals surface area contributed by atoms with Crippen LogP contribution in [0.2, 0.25) is 0 Å². The molecule has 0 bridgehead atoms. The standard InChI is InChI=1S/C17H20N2O3/c1-3-6-12-7-4-5-8-14(12)18-17(21)19-15-10-9-13(20)11-16(15)22-2/h4-5,7-11,20H,3,6H2,1-2H3,(H2,18,19,21). The number of aryl methyl sites for hydroxylation is 1. The summed E-state index contributed by atoms with van der Waals surface area (Å²) in [5, 5.41) is 15.0. The van der Waals surface area contributed by atoms with Crippen molar-refractivity contribution in [2.75, 3.05) is 17.7 Å². The Morgan fingerprint density at radius 2 is 1.86 bits per heavy atom. The first kappa shape index (κ1) is 15.7. The number of hydrogen-bond donors (Lipinski definition) is 3. The lowest BCUT2D eigenvalue weighted by Crippen LogP contribution is -2.20. The SMILES string of the molecule is CCCc1ccccc1NC(=O)Nc1ccc(O)cc1OC. The number of aromatic hydroxyl groups is 1. The van der Waals surface area contributed by atoms with E-state index in [1.54, 1.807) is 6.07 Å². The number of anilines is 2. The number of carbonyl (C=O) groups is 1. The third-order valence-electron chi connectivity index (χ3n) is 3.22. The molecule has 0 aliphatic rings. The number of benzene rings is 2. The highest BCUT2D eigenvalue weighted by atomic mass is 16.5. The third kappa shape index (κ3) is 3.91. The number of nitrogens with one attached hydrogen (secondary N) is 2. The van der Waals surface area contributed by atoms with E-state index in [1.807, 2.05) is 24.3 Å². The molecule has 0 spiro atoms. The largest absolute Gasteiger partial charge is 0.508 e. The van der Waals surface area contributed by atoms with Gasteiger partial charge in [0.1, 0.15) is 11.5 Å². The number of ether oxygens (including phenoxy) is 1. The third-order valence-corrected chi connectivity index (χ3v) is 3.22. The van der Waals surface area contributed by atoms with Crippen LogP contribution in [-0.2, 0) is 6.42 Å². The van der Waals surface area contributed by atoms with Gasteiger partial charge in [0.15, 0.2) is 0 Å². The molecule has 5 heteroatoms. The molecule has 0 saturated heterocycles. The van der Waals surface area contributed by atoms with E-state index in [0.717, 1.165) is 24.1 Å². The number of methoxy groups -OCH3 is 1. The number of urea groups is 1. The van der Waals surface area contributed by atoms with Gasteiger partial charge in [-0.05, 0) is 30.2 Å². The normalized spacial score (nSPS) is 10.1. The first-order valence-corrected chi connectivity index (χ1v) is 7.17. The molecule has 0 unspecified atom stereocenters. The summed E-state index contributed by atoms with van der Waals surface area (Å²) in [6, 6.07) is 11.9. The summed E-state index contributed by atoms with van der Waals surface area (Å²) in [6.07, 6.45) is 1.91. The van der Waals surface area contributed by atoms with Gasteiger partial charge in [-0.1, -0.05) is 31.5 Å². The molecule has 0 aliphatic carbocycles. The zero-order chi connectivity index (χ0) is 15.9. The first-order chi connectivity index (χ1) is 10.6. The van der Waals surface area contributed by atoms with Crippen LogP contribution in [-0.4, -0.2) is 18.2 Å². The fraction of sp³-hybridized carbons (Fsp3) is 0.235. The highest BCUT2D eigenvalue weighted by Crippen LogP contribution is 2.28. The topological polar surface area (TPSA) is 70.6 Å². The highest BCUT2D eigenvalue weighted by Gasteiger charge is 2.10. The predicted octanol–water partition coefficient (Wildman–Crippen LogP) is 4.00. The number of hydrogen-bond acceptors (Lipinski definition) is 3. The van der Waals surface area contributed by atoms with Crippen LogP contribution in [0.15, 0.2) is 42.5 Å². The van der Waals surface area contributed by atoms with Gasteiger partial charge in [-0.3, -0.25) is 0 Å². The van der Waals surface area contributed by atoms with Crippen molar-refractivity contribution in [1.82, 2.24) is 0 Å². The van der Waals surface area contributed by atoms with Crippen molar-refractivity contribution < 1.29 is 14.6 Å². The van der Waals surface area contributed by atoms with Crippen LogP contribution < -0.4 is 15.4 Å². The fourth-order valence-corrected chi connectivity index (χ4v) is 2.19. The molecule has 2 amide bonds. The van der Waals surface area contributed by atoms with Crippen LogP contribution >= 0.6 is 0 Å². The van der Waals surface area contributed by atoms with Crippen molar-refractivity contribution in [3.63, 3.8) is 0 Å². The molecule has 2 aromatic rings. The predicted molar refractivity (Wildman–Crippen MR) is 87.7 cm³/mol. The molecule has 5 nitrogen and oxygen atoms in total. The van der Waals surface area contributed by atoms with Crippen molar-refractivity contribution in [3.8, 4) is 11.5 Å². The Balaban J connectivity index is 2.11. The molecule has 0 heterocycles. The molecule has 0 fully saturated rings. The van der Waals surface area contributed by atoms with Gasteiger partial charge < -0.3 is 20.5 Å². The molecule has 2 aromatic carbocycles. The van der Waals surface area contributed by atoms with E-state index < -0.39 is 0 Å². The fourth-order valence-electron chi connectivity index (χ4n) is 2.19. The van der Waals surface area contributed by atoms with Gasteiger partial charge in [0.05, 0.1) is 12.8 Å². The quantitative estimate of drug-likeness (QED) is 0.731. The van der Waals surface area contributed by atoms with Gasteiger partial charge in [-0.15, -0.1) is 0 Å². The van der Waals surface area contributed by atoms with Crippen LogP contribution in [0.4, 0.5) is 16.2 Å². The van der Waals surface area contributed by atoms with E-state index in [4.69, 9.17) is 4.74 Å². The Labute approximate surface area is 129 Å². The smallest absolute Gasteiger partial charge is 0.323 e. The molecule has 0 atom stereocenters. The molecule has 2 rings (SSSR count). The number of carbonyl (C=O) groups excluding carboxylic acids is 1. The van der Waals surface area contributed by atoms with Gasteiger partial charge >= 0.3 is 6.03 Å². The maximum Gasteiger partial charge on any atom is 0.323 e. The van der Waals surface area contributed by atoms with E-state index in [0.29, 0.717) is 11.4 Å². The number of rotatable bonds is 5. The number of amides is 2. The highest BCUT2D eigenvalue weighted by molar-refractivity contribution is 6.01. The number of para-hydroxylation sites is 1. The van der Waals surface area contributed by atoms with Crippen molar-refractivity contribution in [2.24, 2.45) is 0 Å². The molecular formula is C17H20N2O3. The minimum Gasteiger partial charge on any atom is -0.508 e. The summed E-state index contributed by atoms with van der Waals surface area (Å²) in [7, 11) is 1.48. The van der Waals surface area contributed by atoms with Crippen molar-refractivity contribution >= 4 is 17.4 Å². The molecule has 22 heavy (non-hydrogen) atoms. The van der Waals surface area contributed by atoms with E-state index >= 15 is 0 Å². The van der Waals surface area contributed by atoms with Gasteiger partial charge in [0, 0.05) is 11.8 Å². The molecular weight excluding hydrogens is 280 g/mol. The summed E-state index contributed by atoms with van der Waals surface area (Å²) in [5.74, 6) is 0.480. The van der Waals surface area contributed by atoms with E-state index in [-0.39, 0.29) is 11.8 Å². The van der Waals surface area contributed by atoms with Crippen molar-refractivity contribution in [3.05, 3.63) is 48.0 Å². The van der Waals surface area contributed by atoms with Gasteiger partial charge in [0.25, 0.3) is 0 Å². The maximum atomic E-state index is 12.2. The second-order valence-corrected chi connectivity index (χ2v) is 4.87. The van der Waals surface area contributed by atoms with Crippen molar-refractivity contribution in [1.29, 1.82) is 0 Å². The van der Waals surface area contributed by atoms with Crippen LogP contribution in [0.25, 0.3) is 0 Å². The van der Waals surface area contributed by atoms with E-state index in [1.165, 1.54) is 19.2 Å². The summed E-state index contributed by atoms with van der Waals surface area (Å²) >= 11 is 0. The lowest BCUT2D eigenvalue weighted by Gasteiger charge is -2.13. The number of phenolic OH excluding ortho intramolecular Hbond substituents is 1. The van der Waals surface area contributed by atoms with E-state index in [9.17, 15) is 9.90 Å². The molecule has 3 N–H and O–H groups in total. The van der Waals surface area contributed by atoms with Crippen LogP contribution in [0.5, 0.6) is 11.5 Å². The second-order valence-electron chi connectivity index (χ2n) is 4.87. The Morgan fingerprint density at radius 1 is 1.14 bits per heavy atom. The van der Waals surface area contributed by atoms with Gasteiger partial charge in [0.2, 0.25) is 0 Å².